The topological polar surface area (TPSA) is 78.8 Å². The van der Waals surface area contributed by atoms with E-state index >= 15 is 0 Å². The first-order valence-electron chi connectivity index (χ1n) is 13.6. The van der Waals surface area contributed by atoms with E-state index in [4.69, 9.17) is 11.6 Å². The molecule has 1 aliphatic rings. The number of sulfonamides is 1. The van der Waals surface area contributed by atoms with Crippen molar-refractivity contribution in [2.75, 3.05) is 4.31 Å². The molecule has 42 heavy (non-hydrogen) atoms. The molecule has 0 fully saturated rings. The highest BCUT2D eigenvalue weighted by atomic mass is 35.5. The summed E-state index contributed by atoms with van der Waals surface area (Å²) >= 11 is 6.08. The van der Waals surface area contributed by atoms with Gasteiger partial charge in [0.1, 0.15) is 0 Å². The summed E-state index contributed by atoms with van der Waals surface area (Å²) in [4.78, 5) is 13.6. The molecule has 1 aliphatic carbocycles. The summed E-state index contributed by atoms with van der Waals surface area (Å²) in [5, 5.41) is 7.17. The Kier molecular flexibility index (Phi) is 7.54. The van der Waals surface area contributed by atoms with Crippen LogP contribution in [0.2, 0.25) is 5.02 Å². The van der Waals surface area contributed by atoms with Gasteiger partial charge in [0.05, 0.1) is 28.9 Å². The molecule has 0 spiro atoms. The van der Waals surface area contributed by atoms with Crippen molar-refractivity contribution >= 4 is 50.2 Å². The third-order valence-corrected chi connectivity index (χ3v) is 9.57. The van der Waals surface area contributed by atoms with Gasteiger partial charge in [0.15, 0.2) is 0 Å². The van der Waals surface area contributed by atoms with Gasteiger partial charge in [-0.15, -0.1) is 0 Å². The number of amides is 1. The minimum Gasteiger partial charge on any atom is -0.267 e. The Balaban J connectivity index is 1.33. The number of hydrogen-bond donors (Lipinski definition) is 1. The lowest BCUT2D eigenvalue weighted by Crippen LogP contribution is -2.33. The van der Waals surface area contributed by atoms with Gasteiger partial charge in [-0.1, -0.05) is 83.9 Å². The summed E-state index contributed by atoms with van der Waals surface area (Å²) in [6.07, 6.45) is 3.69. The van der Waals surface area contributed by atoms with E-state index in [1.807, 2.05) is 19.1 Å². The minimum absolute atomic E-state index is 0.00160. The van der Waals surface area contributed by atoms with E-state index < -0.39 is 15.9 Å². The van der Waals surface area contributed by atoms with Crippen LogP contribution in [0.3, 0.4) is 0 Å². The van der Waals surface area contributed by atoms with Crippen molar-refractivity contribution in [1.82, 2.24) is 5.43 Å². The fraction of sp³-hybridized carbons (Fsp3) is 0.118. The maximum absolute atomic E-state index is 14.0. The minimum atomic E-state index is -4.04. The first-order valence-corrected chi connectivity index (χ1v) is 15.4. The van der Waals surface area contributed by atoms with E-state index in [0.29, 0.717) is 5.02 Å². The van der Waals surface area contributed by atoms with Crippen molar-refractivity contribution in [3.63, 3.8) is 0 Å². The normalized spacial score (nSPS) is 12.6. The van der Waals surface area contributed by atoms with E-state index in [0.717, 1.165) is 34.9 Å². The van der Waals surface area contributed by atoms with Crippen LogP contribution in [0.25, 0.3) is 10.8 Å². The largest absolute Gasteiger partial charge is 0.273 e. The van der Waals surface area contributed by atoms with E-state index in [2.05, 4.69) is 28.7 Å². The Morgan fingerprint density at radius 2 is 1.60 bits per heavy atom. The second kappa shape index (κ2) is 11.4. The van der Waals surface area contributed by atoms with Crippen LogP contribution in [0, 0.1) is 6.92 Å². The molecule has 0 radical (unpaired) electrons. The summed E-state index contributed by atoms with van der Waals surface area (Å²) in [7, 11) is -4.04. The molecule has 0 unspecified atom stereocenters. The predicted octanol–water partition coefficient (Wildman–Crippen LogP) is 7.06. The number of benzene rings is 5. The van der Waals surface area contributed by atoms with Gasteiger partial charge in [-0.2, -0.15) is 5.10 Å². The molecule has 0 heterocycles. The maximum Gasteiger partial charge on any atom is 0.273 e. The Labute approximate surface area is 250 Å². The third-order valence-electron chi connectivity index (χ3n) is 7.55. The number of carbonyl (C=O) groups is 1. The summed E-state index contributed by atoms with van der Waals surface area (Å²) in [6.45, 7) is 1.90. The molecule has 5 aromatic rings. The van der Waals surface area contributed by atoms with Gasteiger partial charge in [-0.25, -0.2) is 13.8 Å². The number of anilines is 1. The Bertz CT molecular complexity index is 1930. The lowest BCUT2D eigenvalue weighted by molar-refractivity contribution is 0.0955. The van der Waals surface area contributed by atoms with Crippen LogP contribution in [-0.2, 0) is 29.4 Å². The fourth-order valence-corrected chi connectivity index (χ4v) is 6.98. The highest BCUT2D eigenvalue weighted by Crippen LogP contribution is 2.33. The van der Waals surface area contributed by atoms with E-state index in [-0.39, 0.29) is 22.7 Å². The molecule has 0 saturated heterocycles. The van der Waals surface area contributed by atoms with E-state index in [1.54, 1.807) is 79.0 Å². The number of hydrazone groups is 1. The smallest absolute Gasteiger partial charge is 0.267 e. The number of nitrogens with zero attached hydrogens (tertiary/aromatic N) is 2. The molecule has 0 saturated carbocycles. The number of halogens is 1. The third kappa shape index (κ3) is 5.41. The number of carbonyl (C=O) groups excluding carboxylic acids is 1. The molecular weight excluding hydrogens is 566 g/mol. The average Bonchev–Trinajstić information content (AvgIpc) is 3.42. The van der Waals surface area contributed by atoms with E-state index in [1.165, 1.54) is 20.8 Å². The zero-order chi connectivity index (χ0) is 29.3. The Hall–Kier alpha value is -4.46. The van der Waals surface area contributed by atoms with Crippen molar-refractivity contribution in [2.24, 2.45) is 5.10 Å². The lowest BCUT2D eigenvalue weighted by Gasteiger charge is -2.26. The van der Waals surface area contributed by atoms with Gasteiger partial charge in [0.2, 0.25) is 0 Å². The zero-order valence-electron chi connectivity index (χ0n) is 22.9. The van der Waals surface area contributed by atoms with Crippen LogP contribution in [0.5, 0.6) is 0 Å². The molecule has 0 atom stereocenters. The van der Waals surface area contributed by atoms with Crippen LogP contribution >= 0.6 is 11.6 Å². The number of hydrogen-bond acceptors (Lipinski definition) is 4. The summed E-state index contributed by atoms with van der Waals surface area (Å²) in [5.41, 5.74) is 8.25. The first kappa shape index (κ1) is 27.7. The van der Waals surface area contributed by atoms with E-state index in [9.17, 15) is 13.2 Å². The van der Waals surface area contributed by atoms with Crippen molar-refractivity contribution in [3.8, 4) is 0 Å². The Morgan fingerprint density at radius 1 is 0.881 bits per heavy atom. The fourth-order valence-electron chi connectivity index (χ4n) is 5.38. The monoisotopic (exact) mass is 593 g/mol. The predicted molar refractivity (Wildman–Crippen MR) is 169 cm³/mol. The molecule has 1 N–H and O–H groups in total. The van der Waals surface area contributed by atoms with Crippen LogP contribution in [-0.4, -0.2) is 20.5 Å². The molecule has 6 nitrogen and oxygen atoms in total. The molecule has 0 aromatic heterocycles. The molecule has 0 aliphatic heterocycles. The lowest BCUT2D eigenvalue weighted by atomic mass is 10.0. The summed E-state index contributed by atoms with van der Waals surface area (Å²) in [5.74, 6) is -0.520. The van der Waals surface area contributed by atoms with Crippen LogP contribution in [0.1, 0.15) is 38.2 Å². The number of para-hydroxylation sites is 1. The second-order valence-electron chi connectivity index (χ2n) is 10.3. The summed E-state index contributed by atoms with van der Waals surface area (Å²) < 4.78 is 29.3. The van der Waals surface area contributed by atoms with Crippen molar-refractivity contribution < 1.29 is 13.2 Å². The standard InChI is InChI=1S/C34H28ClN3O3S/c1-23-9-19-29(20-10-23)42(40,41)38(22-24-11-17-28(35)18-12-24)32-8-3-2-6-31(32)34(39)37-36-21-27-16-15-26-14-13-25-5-4-7-30(27)33(25)26/h2-12,15-21H,13-14,22H2,1H3,(H,37,39)/b36-21-. The maximum atomic E-state index is 14.0. The van der Waals surface area contributed by atoms with Gasteiger partial charge in [-0.3, -0.25) is 9.10 Å². The van der Waals surface area contributed by atoms with Gasteiger partial charge < -0.3 is 0 Å². The van der Waals surface area contributed by atoms with Crippen molar-refractivity contribution in [1.29, 1.82) is 0 Å². The quantitative estimate of drug-likeness (QED) is 0.154. The number of aryl methyl sites for hydroxylation is 3. The van der Waals surface area contributed by atoms with Gasteiger partial charge >= 0.3 is 0 Å². The molecule has 6 rings (SSSR count). The number of rotatable bonds is 8. The first-order chi connectivity index (χ1) is 20.3. The molecule has 0 bridgehead atoms. The number of nitrogens with one attached hydrogen (secondary N) is 1. The molecule has 8 heteroatoms. The average molecular weight is 594 g/mol. The molecule has 210 valence electrons. The van der Waals surface area contributed by atoms with Crippen LogP contribution in [0.4, 0.5) is 5.69 Å². The second-order valence-corrected chi connectivity index (χ2v) is 12.6. The molecule has 1 amide bonds. The SMILES string of the molecule is Cc1ccc(S(=O)(=O)N(Cc2ccc(Cl)cc2)c2ccccc2C(=O)N/N=C\c2ccc3c4c(cccc24)CC3)cc1. The van der Waals surface area contributed by atoms with Gasteiger partial charge in [0, 0.05) is 10.6 Å². The highest BCUT2D eigenvalue weighted by molar-refractivity contribution is 7.92. The van der Waals surface area contributed by atoms with Gasteiger partial charge in [0.25, 0.3) is 15.9 Å². The van der Waals surface area contributed by atoms with Crippen molar-refractivity contribution in [2.45, 2.75) is 31.2 Å². The van der Waals surface area contributed by atoms with Crippen LogP contribution < -0.4 is 9.73 Å². The summed E-state index contributed by atoms with van der Waals surface area (Å²) in [6, 6.07) is 30.6. The van der Waals surface area contributed by atoms with Crippen molar-refractivity contribution in [3.05, 3.63) is 142 Å². The highest BCUT2D eigenvalue weighted by Gasteiger charge is 2.28. The van der Waals surface area contributed by atoms with Crippen LogP contribution in [0.15, 0.2) is 113 Å². The molecular formula is C34H28ClN3O3S. The molecule has 5 aromatic carbocycles. The Morgan fingerprint density at radius 3 is 2.36 bits per heavy atom. The van der Waals surface area contributed by atoms with Gasteiger partial charge in [-0.05, 0) is 83.6 Å². The zero-order valence-corrected chi connectivity index (χ0v) is 24.5.